The fraction of sp³-hybridized carbons (Fsp3) is 0.188. The van der Waals surface area contributed by atoms with E-state index in [9.17, 15) is 26.4 Å². The third-order valence-corrected chi connectivity index (χ3v) is 5.61. The van der Waals surface area contributed by atoms with Gasteiger partial charge in [0.25, 0.3) is 15.3 Å². The van der Waals surface area contributed by atoms with E-state index in [-0.39, 0.29) is 10.9 Å². The molecule has 0 aliphatic heterocycles. The zero-order valence-electron chi connectivity index (χ0n) is 13.7. The van der Waals surface area contributed by atoms with E-state index in [1.54, 1.807) is 20.2 Å². The molecule has 26 heavy (non-hydrogen) atoms. The minimum Gasteiger partial charge on any atom is -0.339 e. The fourth-order valence-corrected chi connectivity index (χ4v) is 3.96. The fourth-order valence-electron chi connectivity index (χ4n) is 1.96. The van der Waals surface area contributed by atoms with Crippen molar-refractivity contribution in [1.29, 1.82) is 0 Å². The molecule has 0 aliphatic carbocycles. The number of rotatable bonds is 4. The molecule has 1 amide bonds. The third kappa shape index (κ3) is 4.92. The molecule has 1 N–H and O–H groups in total. The molecule has 0 aliphatic rings. The molecule has 0 unspecified atom stereocenters. The van der Waals surface area contributed by atoms with Crippen molar-refractivity contribution in [2.75, 3.05) is 18.8 Å². The SMILES string of the molecule is CN(C)C(=O)Sc1cccc(NS(=O)(=O)c2ccccc2C(F)(F)F)c1. The van der Waals surface area contributed by atoms with E-state index >= 15 is 0 Å². The number of nitrogens with one attached hydrogen (secondary N) is 1. The quantitative estimate of drug-likeness (QED) is 0.773. The van der Waals surface area contributed by atoms with E-state index in [2.05, 4.69) is 4.72 Å². The number of hydrogen-bond acceptors (Lipinski definition) is 4. The highest BCUT2D eigenvalue weighted by atomic mass is 32.2. The summed E-state index contributed by atoms with van der Waals surface area (Å²) in [5.74, 6) is 0. The molecule has 140 valence electrons. The molecular formula is C16H15F3N2O3S2. The van der Waals surface area contributed by atoms with Crippen molar-refractivity contribution >= 4 is 32.7 Å². The van der Waals surface area contributed by atoms with Gasteiger partial charge in [0.2, 0.25) is 0 Å². The summed E-state index contributed by atoms with van der Waals surface area (Å²) in [4.78, 5) is 12.6. The van der Waals surface area contributed by atoms with Crippen LogP contribution in [0, 0.1) is 0 Å². The Morgan fingerprint density at radius 2 is 1.73 bits per heavy atom. The van der Waals surface area contributed by atoms with Gasteiger partial charge in [0.15, 0.2) is 0 Å². The number of carbonyl (C=O) groups is 1. The number of carbonyl (C=O) groups excluding carboxylic acids is 1. The molecule has 2 aromatic carbocycles. The first-order chi connectivity index (χ1) is 12.0. The second kappa shape index (κ2) is 7.58. The van der Waals surface area contributed by atoms with E-state index in [0.29, 0.717) is 11.0 Å². The molecule has 0 aromatic heterocycles. The predicted octanol–water partition coefficient (Wildman–Crippen LogP) is 4.28. The Balaban J connectivity index is 2.33. The molecule has 0 fully saturated rings. The van der Waals surface area contributed by atoms with Crippen LogP contribution in [0.5, 0.6) is 0 Å². The number of benzene rings is 2. The molecule has 0 saturated heterocycles. The molecule has 5 nitrogen and oxygen atoms in total. The number of halogens is 3. The Morgan fingerprint density at radius 3 is 2.35 bits per heavy atom. The Morgan fingerprint density at radius 1 is 1.08 bits per heavy atom. The Hall–Kier alpha value is -2.20. The van der Waals surface area contributed by atoms with Crippen LogP contribution >= 0.6 is 11.8 Å². The average molecular weight is 404 g/mol. The van der Waals surface area contributed by atoms with Gasteiger partial charge in [-0.3, -0.25) is 9.52 Å². The molecule has 0 saturated carbocycles. The first kappa shape index (κ1) is 20.1. The number of hydrogen-bond donors (Lipinski definition) is 1. The summed E-state index contributed by atoms with van der Waals surface area (Å²) in [6.07, 6.45) is -4.80. The Labute approximate surface area is 153 Å². The van der Waals surface area contributed by atoms with Crippen LogP contribution < -0.4 is 4.72 Å². The number of alkyl halides is 3. The minimum absolute atomic E-state index is 0.0542. The van der Waals surface area contributed by atoms with Crippen LogP contribution in [0.25, 0.3) is 0 Å². The highest BCUT2D eigenvalue weighted by Crippen LogP contribution is 2.35. The monoisotopic (exact) mass is 404 g/mol. The maximum atomic E-state index is 13.1. The average Bonchev–Trinajstić information content (AvgIpc) is 2.54. The van der Waals surface area contributed by atoms with Crippen LogP contribution in [0.1, 0.15) is 5.56 Å². The van der Waals surface area contributed by atoms with E-state index in [0.717, 1.165) is 23.9 Å². The van der Waals surface area contributed by atoms with Gasteiger partial charge in [-0.1, -0.05) is 18.2 Å². The zero-order valence-corrected chi connectivity index (χ0v) is 15.4. The second-order valence-corrected chi connectivity index (χ2v) is 8.07. The maximum absolute atomic E-state index is 13.1. The number of anilines is 1. The first-order valence-electron chi connectivity index (χ1n) is 7.19. The summed E-state index contributed by atoms with van der Waals surface area (Å²) in [5.41, 5.74) is -1.20. The van der Waals surface area contributed by atoms with Crippen molar-refractivity contribution in [3.63, 3.8) is 0 Å². The standard InChI is InChI=1S/C16H15F3N2O3S2/c1-21(2)15(22)25-12-7-5-6-11(10-12)20-26(23,24)14-9-4-3-8-13(14)16(17,18)19/h3-10,20H,1-2H3. The number of thioether (sulfide) groups is 1. The third-order valence-electron chi connectivity index (χ3n) is 3.14. The summed E-state index contributed by atoms with van der Waals surface area (Å²) >= 11 is 0.867. The van der Waals surface area contributed by atoms with Crippen molar-refractivity contribution in [2.45, 2.75) is 16.0 Å². The van der Waals surface area contributed by atoms with Gasteiger partial charge >= 0.3 is 6.18 Å². The first-order valence-corrected chi connectivity index (χ1v) is 9.49. The lowest BCUT2D eigenvalue weighted by atomic mass is 10.2. The van der Waals surface area contributed by atoms with E-state index in [4.69, 9.17) is 0 Å². The Kier molecular flexibility index (Phi) is 5.87. The molecule has 0 bridgehead atoms. The molecule has 10 heteroatoms. The van der Waals surface area contributed by atoms with Crippen LogP contribution in [-0.2, 0) is 16.2 Å². The highest BCUT2D eigenvalue weighted by Gasteiger charge is 2.36. The lowest BCUT2D eigenvalue weighted by Gasteiger charge is -2.15. The van der Waals surface area contributed by atoms with Gasteiger partial charge in [0.05, 0.1) is 10.5 Å². The molecule has 2 rings (SSSR count). The van der Waals surface area contributed by atoms with Crippen LogP contribution in [-0.4, -0.2) is 32.7 Å². The van der Waals surface area contributed by atoms with Gasteiger partial charge in [-0.15, -0.1) is 0 Å². The van der Waals surface area contributed by atoms with Crippen molar-refractivity contribution in [3.05, 3.63) is 54.1 Å². The van der Waals surface area contributed by atoms with Gasteiger partial charge in [-0.05, 0) is 42.1 Å². The van der Waals surface area contributed by atoms with Gasteiger partial charge in [0.1, 0.15) is 0 Å². The summed E-state index contributed by atoms with van der Waals surface area (Å²) in [5, 5.41) is -0.271. The topological polar surface area (TPSA) is 66.5 Å². The van der Waals surface area contributed by atoms with Crippen molar-refractivity contribution < 1.29 is 26.4 Å². The zero-order chi connectivity index (χ0) is 19.5. The van der Waals surface area contributed by atoms with E-state index < -0.39 is 26.7 Å². The number of nitrogens with zero attached hydrogens (tertiary/aromatic N) is 1. The smallest absolute Gasteiger partial charge is 0.339 e. The highest BCUT2D eigenvalue weighted by molar-refractivity contribution is 8.13. The van der Waals surface area contributed by atoms with E-state index in [1.807, 2.05) is 0 Å². The van der Waals surface area contributed by atoms with Gasteiger partial charge in [-0.25, -0.2) is 8.42 Å². The second-order valence-electron chi connectivity index (χ2n) is 5.39. The molecule has 0 atom stereocenters. The normalized spacial score (nSPS) is 11.9. The largest absolute Gasteiger partial charge is 0.417 e. The Bertz CT molecular complexity index is 913. The summed E-state index contributed by atoms with van der Waals surface area (Å²) in [6.45, 7) is 0. The lowest BCUT2D eigenvalue weighted by molar-refractivity contribution is -0.139. The molecular weight excluding hydrogens is 389 g/mol. The van der Waals surface area contributed by atoms with Crippen LogP contribution in [0.3, 0.4) is 0 Å². The number of sulfonamides is 1. The molecule has 0 radical (unpaired) electrons. The molecule has 0 spiro atoms. The van der Waals surface area contributed by atoms with Gasteiger partial charge in [-0.2, -0.15) is 13.2 Å². The summed E-state index contributed by atoms with van der Waals surface area (Å²) in [7, 11) is -1.33. The van der Waals surface area contributed by atoms with Crippen molar-refractivity contribution in [1.82, 2.24) is 4.90 Å². The molecule has 2 aromatic rings. The summed E-state index contributed by atoms with van der Waals surface area (Å²) < 4.78 is 66.1. The van der Waals surface area contributed by atoms with Crippen molar-refractivity contribution in [3.8, 4) is 0 Å². The van der Waals surface area contributed by atoms with Crippen LogP contribution in [0.4, 0.5) is 23.7 Å². The summed E-state index contributed by atoms with van der Waals surface area (Å²) in [6, 6.07) is 9.78. The molecule has 0 heterocycles. The van der Waals surface area contributed by atoms with E-state index in [1.165, 1.54) is 29.2 Å². The minimum atomic E-state index is -4.80. The maximum Gasteiger partial charge on any atom is 0.417 e. The van der Waals surface area contributed by atoms with Crippen LogP contribution in [0.15, 0.2) is 58.3 Å². The van der Waals surface area contributed by atoms with Crippen molar-refractivity contribution in [2.24, 2.45) is 0 Å². The number of amides is 1. The predicted molar refractivity (Wildman–Crippen MR) is 93.6 cm³/mol. The van der Waals surface area contributed by atoms with Crippen LogP contribution in [0.2, 0.25) is 0 Å². The lowest BCUT2D eigenvalue weighted by Crippen LogP contribution is -2.19. The van der Waals surface area contributed by atoms with Gasteiger partial charge in [0, 0.05) is 24.7 Å². The van der Waals surface area contributed by atoms with Gasteiger partial charge < -0.3 is 4.90 Å².